The Bertz CT molecular complexity index is 412. The van der Waals surface area contributed by atoms with Crippen LogP contribution in [0.1, 0.15) is 55.4 Å². The van der Waals surface area contributed by atoms with Crippen LogP contribution >= 0.6 is 0 Å². The molecule has 1 fully saturated rings. The minimum Gasteiger partial charge on any atom is -0.760 e. The normalized spacial score (nSPS) is 32.5. The van der Waals surface area contributed by atoms with Gasteiger partial charge in [-0.1, -0.05) is 41.5 Å². The van der Waals surface area contributed by atoms with Crippen LogP contribution in [0.15, 0.2) is 0 Å². The molecule has 1 rings (SSSR count). The molecule has 1 aliphatic heterocycles. The first-order valence-corrected chi connectivity index (χ1v) is 7.78. The Morgan fingerprint density at radius 3 is 1.75 bits per heavy atom. The first-order valence-electron chi connectivity index (χ1n) is 6.75. The molecule has 0 amide bonds. The molecule has 0 aliphatic carbocycles. The van der Waals surface area contributed by atoms with Crippen LogP contribution in [-0.2, 0) is 16.1 Å². The molecule has 2 atom stereocenters. The largest absolute Gasteiger partial charge is 0.760 e. The fraction of sp³-hybridized carbons (Fsp3) is 0.929. The topological polar surface area (TPSA) is 80.7 Å². The van der Waals surface area contributed by atoms with E-state index in [1.54, 1.807) is 13.8 Å². The van der Waals surface area contributed by atoms with Crippen LogP contribution in [0.2, 0.25) is 0 Å². The summed E-state index contributed by atoms with van der Waals surface area (Å²) < 4.78 is 24.6. The van der Waals surface area contributed by atoms with Gasteiger partial charge in [-0.2, -0.15) is 0 Å². The molecule has 0 aromatic rings. The predicted octanol–water partition coefficient (Wildman–Crippen LogP) is 2.41. The standard InChI is InChI=1S/C14H27NO4S/c1-11(2)9(10(16)17)15(20(18)19)14(7,8)13(5,6)12(11,3)4/h9H,1-8H3,(H,16,17)(H,18,19)/p-1. The highest BCUT2D eigenvalue weighted by molar-refractivity contribution is 7.76. The molecule has 0 bridgehead atoms. The Labute approximate surface area is 124 Å². The van der Waals surface area contributed by atoms with E-state index in [0.29, 0.717) is 0 Å². The van der Waals surface area contributed by atoms with Gasteiger partial charge >= 0.3 is 5.97 Å². The van der Waals surface area contributed by atoms with Crippen LogP contribution in [0.25, 0.3) is 0 Å². The molecule has 20 heavy (non-hydrogen) atoms. The molecule has 1 heterocycles. The number of piperidine rings is 1. The molecule has 0 aromatic heterocycles. The molecular formula is C14H26NO4S-. The average Bonchev–Trinajstić information content (AvgIpc) is 2.21. The van der Waals surface area contributed by atoms with Gasteiger partial charge < -0.3 is 9.66 Å². The summed E-state index contributed by atoms with van der Waals surface area (Å²) in [5.41, 5.74) is -2.29. The highest BCUT2D eigenvalue weighted by atomic mass is 32.2. The number of aliphatic carboxylic acids is 1. The van der Waals surface area contributed by atoms with Crippen molar-refractivity contribution in [2.24, 2.45) is 16.2 Å². The van der Waals surface area contributed by atoms with Crippen LogP contribution in [0.5, 0.6) is 0 Å². The van der Waals surface area contributed by atoms with Crippen molar-refractivity contribution in [2.45, 2.75) is 67.0 Å². The van der Waals surface area contributed by atoms with E-state index >= 15 is 0 Å². The van der Waals surface area contributed by atoms with Crippen molar-refractivity contribution in [1.82, 2.24) is 4.31 Å². The third kappa shape index (κ3) is 1.88. The SMILES string of the molecule is CC1(C)C(C(=O)O)N(S(=O)[O-])C(C)(C)C(C)(C)C1(C)C. The van der Waals surface area contributed by atoms with Crippen molar-refractivity contribution in [3.63, 3.8) is 0 Å². The smallest absolute Gasteiger partial charge is 0.322 e. The van der Waals surface area contributed by atoms with Crippen molar-refractivity contribution in [3.8, 4) is 0 Å². The monoisotopic (exact) mass is 304 g/mol. The average molecular weight is 304 g/mol. The molecule has 0 radical (unpaired) electrons. The van der Waals surface area contributed by atoms with E-state index in [0.717, 1.165) is 4.31 Å². The van der Waals surface area contributed by atoms with E-state index in [1.165, 1.54) is 0 Å². The first kappa shape index (κ1) is 17.6. The Morgan fingerprint density at radius 2 is 1.45 bits per heavy atom. The van der Waals surface area contributed by atoms with Crippen LogP contribution in [0.4, 0.5) is 0 Å². The summed E-state index contributed by atoms with van der Waals surface area (Å²) in [5, 5.41) is 9.61. The van der Waals surface area contributed by atoms with Gasteiger partial charge in [-0.15, -0.1) is 0 Å². The van der Waals surface area contributed by atoms with Crippen molar-refractivity contribution in [3.05, 3.63) is 0 Å². The number of carboxylic acids is 1. The van der Waals surface area contributed by atoms with Gasteiger partial charge in [-0.25, -0.2) is 4.31 Å². The Balaban J connectivity index is 3.70. The Morgan fingerprint density at radius 1 is 1.05 bits per heavy atom. The number of carbonyl (C=O) groups is 1. The zero-order valence-electron chi connectivity index (χ0n) is 13.6. The number of rotatable bonds is 2. The summed E-state index contributed by atoms with van der Waals surface area (Å²) in [6.45, 7) is 15.3. The molecular weight excluding hydrogens is 278 g/mol. The lowest BCUT2D eigenvalue weighted by Gasteiger charge is -2.69. The summed E-state index contributed by atoms with van der Waals surface area (Å²) in [5.74, 6) is -1.10. The predicted molar refractivity (Wildman–Crippen MR) is 77.6 cm³/mol. The number of hydrogen-bond donors (Lipinski definition) is 1. The Kier molecular flexibility index (Phi) is 3.97. The van der Waals surface area contributed by atoms with Gasteiger partial charge in [-0.05, 0) is 30.1 Å². The summed E-state index contributed by atoms with van der Waals surface area (Å²) in [7, 11) is 0. The highest BCUT2D eigenvalue weighted by Crippen LogP contribution is 2.64. The van der Waals surface area contributed by atoms with E-state index in [-0.39, 0.29) is 5.41 Å². The van der Waals surface area contributed by atoms with Crippen LogP contribution in [-0.4, -0.2) is 35.7 Å². The van der Waals surface area contributed by atoms with E-state index in [9.17, 15) is 18.7 Å². The third-order valence-corrected chi connectivity index (χ3v) is 7.55. The number of carboxylic acid groups (broad SMARTS) is 1. The van der Waals surface area contributed by atoms with E-state index < -0.39 is 39.6 Å². The van der Waals surface area contributed by atoms with Crippen LogP contribution < -0.4 is 0 Å². The maximum atomic E-state index is 11.8. The van der Waals surface area contributed by atoms with Gasteiger partial charge in [0, 0.05) is 16.8 Å². The number of hydrogen-bond acceptors (Lipinski definition) is 3. The summed E-state index contributed by atoms with van der Waals surface area (Å²) in [6.07, 6.45) is 0. The molecule has 0 spiro atoms. The minimum atomic E-state index is -2.60. The number of nitrogens with zero attached hydrogens (tertiary/aromatic N) is 1. The molecule has 1 aliphatic rings. The van der Waals surface area contributed by atoms with Gasteiger partial charge in [-0.3, -0.25) is 9.00 Å². The third-order valence-electron chi connectivity index (χ3n) is 6.57. The summed E-state index contributed by atoms with van der Waals surface area (Å²) in [4.78, 5) is 11.8. The Hall–Kier alpha value is -0.460. The molecule has 1 N–H and O–H groups in total. The second-order valence-corrected chi connectivity index (χ2v) is 8.64. The van der Waals surface area contributed by atoms with Gasteiger partial charge in [0.1, 0.15) is 6.04 Å². The lowest BCUT2D eigenvalue weighted by Crippen LogP contribution is -2.75. The van der Waals surface area contributed by atoms with Gasteiger partial charge in [0.05, 0.1) is 0 Å². The van der Waals surface area contributed by atoms with Gasteiger partial charge in [0.15, 0.2) is 0 Å². The van der Waals surface area contributed by atoms with Gasteiger partial charge in [0.25, 0.3) is 0 Å². The van der Waals surface area contributed by atoms with Crippen molar-refractivity contribution >= 4 is 17.2 Å². The lowest BCUT2D eigenvalue weighted by molar-refractivity contribution is -0.198. The van der Waals surface area contributed by atoms with E-state index in [4.69, 9.17) is 0 Å². The van der Waals surface area contributed by atoms with Crippen molar-refractivity contribution < 1.29 is 18.7 Å². The van der Waals surface area contributed by atoms with E-state index in [1.807, 2.05) is 41.5 Å². The van der Waals surface area contributed by atoms with Crippen LogP contribution in [0, 0.1) is 16.2 Å². The maximum absolute atomic E-state index is 11.8. The first-order chi connectivity index (χ1) is 8.64. The van der Waals surface area contributed by atoms with Gasteiger partial charge in [0.2, 0.25) is 0 Å². The molecule has 5 nitrogen and oxygen atoms in total. The maximum Gasteiger partial charge on any atom is 0.322 e. The molecule has 118 valence electrons. The minimum absolute atomic E-state index is 0.373. The quantitative estimate of drug-likeness (QED) is 0.794. The van der Waals surface area contributed by atoms with Crippen molar-refractivity contribution in [1.29, 1.82) is 0 Å². The lowest BCUT2D eigenvalue weighted by atomic mass is 9.45. The molecule has 2 unspecified atom stereocenters. The zero-order chi connectivity index (χ0) is 16.3. The molecule has 0 aromatic carbocycles. The fourth-order valence-corrected chi connectivity index (χ4v) is 4.61. The molecule has 0 saturated carbocycles. The molecule has 1 saturated heterocycles. The van der Waals surface area contributed by atoms with E-state index in [2.05, 4.69) is 0 Å². The summed E-state index contributed by atoms with van der Waals surface area (Å²) in [6, 6.07) is -1.08. The molecule has 6 heteroatoms. The second-order valence-electron chi connectivity index (χ2n) is 7.81. The fourth-order valence-electron chi connectivity index (χ4n) is 3.48. The second kappa shape index (κ2) is 4.52. The van der Waals surface area contributed by atoms with Crippen LogP contribution in [0.3, 0.4) is 0 Å². The summed E-state index contributed by atoms with van der Waals surface area (Å²) >= 11 is -2.60. The zero-order valence-corrected chi connectivity index (χ0v) is 14.4. The highest BCUT2D eigenvalue weighted by Gasteiger charge is 2.67. The van der Waals surface area contributed by atoms with Crippen molar-refractivity contribution in [2.75, 3.05) is 0 Å².